The molecule has 2 unspecified atom stereocenters. The maximum atomic E-state index is 6.44. The van der Waals surface area contributed by atoms with Crippen molar-refractivity contribution in [3.8, 4) is 0 Å². The fraction of sp³-hybridized carbons (Fsp3) is 0.650. The highest BCUT2D eigenvalue weighted by Crippen LogP contribution is 2.55. The molecule has 3 rings (SSSR count). The molecule has 2 fully saturated rings. The second-order valence-corrected chi connectivity index (χ2v) is 9.69. The summed E-state index contributed by atoms with van der Waals surface area (Å²) in [6.07, 6.45) is 23.0. The molecule has 0 aromatic carbocycles. The Morgan fingerprint density at radius 3 is 3.00 bits per heavy atom. The van der Waals surface area contributed by atoms with Crippen LogP contribution in [0.2, 0.25) is 11.1 Å². The molecule has 0 amide bonds. The van der Waals surface area contributed by atoms with Crippen LogP contribution in [0.3, 0.4) is 0 Å². The minimum Gasteiger partial charge on any atom is -0.371 e. The van der Waals surface area contributed by atoms with Gasteiger partial charge in [0.2, 0.25) is 0 Å². The Balaban J connectivity index is 1.95. The van der Waals surface area contributed by atoms with Crippen LogP contribution in [0.1, 0.15) is 58.3 Å². The largest absolute Gasteiger partial charge is 0.371 e. The van der Waals surface area contributed by atoms with Crippen molar-refractivity contribution in [3.63, 3.8) is 0 Å². The number of rotatable bonds is 3. The molecule has 0 saturated carbocycles. The summed E-state index contributed by atoms with van der Waals surface area (Å²) in [6.45, 7) is 3.27. The van der Waals surface area contributed by atoms with Gasteiger partial charge in [-0.05, 0) is 37.3 Å². The first-order valence-electron chi connectivity index (χ1n) is 9.67. The average Bonchev–Trinajstić information content (AvgIpc) is 2.85. The summed E-state index contributed by atoms with van der Waals surface area (Å²) in [5.41, 5.74) is 1.42. The van der Waals surface area contributed by atoms with Crippen LogP contribution in [0.5, 0.6) is 0 Å². The zero-order valence-corrected chi connectivity index (χ0v) is 16.1. The molecule has 2 atom stereocenters. The van der Waals surface area contributed by atoms with Crippen LogP contribution in [0.4, 0.5) is 0 Å². The van der Waals surface area contributed by atoms with Crippen molar-refractivity contribution in [2.24, 2.45) is 5.92 Å². The summed E-state index contributed by atoms with van der Waals surface area (Å²) in [5.74, 6) is 0.662. The van der Waals surface area contributed by atoms with E-state index in [1.807, 2.05) is 0 Å². The van der Waals surface area contributed by atoms with Crippen LogP contribution in [0, 0.1) is 12.0 Å². The summed E-state index contributed by atoms with van der Waals surface area (Å²) in [7, 11) is -0.248. The Morgan fingerprint density at radius 1 is 1.17 bits per heavy atom. The lowest BCUT2D eigenvalue weighted by molar-refractivity contribution is 0.0332. The first kappa shape index (κ1) is 17.0. The van der Waals surface area contributed by atoms with Crippen molar-refractivity contribution >= 4 is 9.52 Å². The first-order valence-corrected chi connectivity index (χ1v) is 11.4. The third-order valence-electron chi connectivity index (χ3n) is 5.83. The van der Waals surface area contributed by atoms with E-state index in [-0.39, 0.29) is 14.6 Å². The van der Waals surface area contributed by atoms with Gasteiger partial charge in [-0.15, -0.1) is 0 Å². The van der Waals surface area contributed by atoms with Crippen molar-refractivity contribution in [1.82, 2.24) is 5.32 Å². The van der Waals surface area contributed by atoms with E-state index in [1.165, 1.54) is 69.2 Å². The molecule has 127 valence electrons. The minimum absolute atomic E-state index is 0.237. The average molecular weight is 331 g/mol. The molecule has 2 nitrogen and oxygen atoms in total. The molecule has 0 aliphatic carbocycles. The van der Waals surface area contributed by atoms with E-state index >= 15 is 0 Å². The Hall–Kier alpha value is -0.803. The van der Waals surface area contributed by atoms with Gasteiger partial charge in [0.25, 0.3) is 0 Å². The molecule has 2 saturated heterocycles. The number of hydrogen-bond acceptors (Lipinski definition) is 2. The standard InChI is InChI=1S/C20H32NOSi/c1-2-17-11-10-15-22-19(17)20(13-7-3-4-9-16-23-20)18-12-6-5-8-14-21-18/h5-6,8,12,14,17,21H,2-4,7,9-11,13,15-16,23H2,1H3. The van der Waals surface area contributed by atoms with Crippen molar-refractivity contribution in [2.45, 2.75) is 69.4 Å². The number of allylic oxidation sites excluding steroid dienone is 4. The molecule has 0 spiro atoms. The number of nitrogens with one attached hydrogen (secondary N) is 1. The Kier molecular flexibility index (Phi) is 6.18. The smallest absolute Gasteiger partial charge is 0.109 e. The van der Waals surface area contributed by atoms with Gasteiger partial charge in [0.05, 0.1) is 0 Å². The van der Waals surface area contributed by atoms with Gasteiger partial charge in [-0.25, -0.2) is 0 Å². The first-order chi connectivity index (χ1) is 11.4. The van der Waals surface area contributed by atoms with E-state index in [1.54, 1.807) is 0 Å². The van der Waals surface area contributed by atoms with Crippen LogP contribution in [-0.2, 0) is 4.74 Å². The second kappa shape index (κ2) is 8.34. The Morgan fingerprint density at radius 2 is 2.09 bits per heavy atom. The van der Waals surface area contributed by atoms with E-state index in [2.05, 4.69) is 42.7 Å². The molecule has 23 heavy (non-hydrogen) atoms. The minimum atomic E-state index is -0.248. The van der Waals surface area contributed by atoms with E-state index in [0.29, 0.717) is 5.92 Å². The molecule has 3 heteroatoms. The van der Waals surface area contributed by atoms with Gasteiger partial charge in [-0.2, -0.15) is 0 Å². The van der Waals surface area contributed by atoms with Gasteiger partial charge >= 0.3 is 0 Å². The SMILES string of the molecule is CCC1CCCO[C]1C1(C2=CC=CC=CN2)CCCCCC[SiH2]1. The van der Waals surface area contributed by atoms with Crippen molar-refractivity contribution < 1.29 is 4.74 Å². The van der Waals surface area contributed by atoms with Gasteiger partial charge in [-0.3, -0.25) is 0 Å². The van der Waals surface area contributed by atoms with Gasteiger partial charge in [0.1, 0.15) is 6.10 Å². The summed E-state index contributed by atoms with van der Waals surface area (Å²) in [4.78, 5) is 0. The summed E-state index contributed by atoms with van der Waals surface area (Å²) >= 11 is 0. The quantitative estimate of drug-likeness (QED) is 0.762. The highest BCUT2D eigenvalue weighted by atomic mass is 28.2. The predicted octanol–water partition coefficient (Wildman–Crippen LogP) is 4.62. The van der Waals surface area contributed by atoms with Crippen LogP contribution in [0.15, 0.2) is 36.2 Å². The van der Waals surface area contributed by atoms with Gasteiger partial charge < -0.3 is 10.1 Å². The second-order valence-electron chi connectivity index (χ2n) is 7.28. The third-order valence-corrected chi connectivity index (χ3v) is 8.62. The van der Waals surface area contributed by atoms with Crippen molar-refractivity contribution in [1.29, 1.82) is 0 Å². The fourth-order valence-corrected chi connectivity index (χ4v) is 7.43. The highest BCUT2D eigenvalue weighted by molar-refractivity contribution is 6.42. The van der Waals surface area contributed by atoms with E-state index in [4.69, 9.17) is 4.74 Å². The van der Waals surface area contributed by atoms with Gasteiger partial charge in [0, 0.05) is 33.1 Å². The van der Waals surface area contributed by atoms with Crippen LogP contribution in [0.25, 0.3) is 0 Å². The summed E-state index contributed by atoms with van der Waals surface area (Å²) < 4.78 is 6.44. The predicted molar refractivity (Wildman–Crippen MR) is 101 cm³/mol. The topological polar surface area (TPSA) is 21.3 Å². The number of ether oxygens (including phenoxy) is 1. The monoisotopic (exact) mass is 330 g/mol. The van der Waals surface area contributed by atoms with Crippen molar-refractivity contribution in [2.75, 3.05) is 6.61 Å². The number of hydrogen-bond donors (Lipinski definition) is 1. The Labute approximate surface area is 144 Å². The molecule has 3 aliphatic rings. The molecular formula is C20H32NOSi. The lowest BCUT2D eigenvalue weighted by Gasteiger charge is -2.47. The highest BCUT2D eigenvalue weighted by Gasteiger charge is 2.47. The molecular weight excluding hydrogens is 298 g/mol. The van der Waals surface area contributed by atoms with Gasteiger partial charge in [0.15, 0.2) is 0 Å². The zero-order valence-electron chi connectivity index (χ0n) is 14.7. The molecule has 0 aromatic heterocycles. The van der Waals surface area contributed by atoms with Crippen LogP contribution >= 0.6 is 0 Å². The van der Waals surface area contributed by atoms with E-state index < -0.39 is 0 Å². The Bertz CT molecular complexity index is 460. The van der Waals surface area contributed by atoms with E-state index in [9.17, 15) is 0 Å². The fourth-order valence-electron chi connectivity index (χ4n) is 4.59. The molecule has 0 aromatic rings. The zero-order chi connectivity index (χ0) is 16.0. The van der Waals surface area contributed by atoms with Crippen molar-refractivity contribution in [3.05, 3.63) is 42.3 Å². The normalized spacial score (nSPS) is 34.3. The maximum absolute atomic E-state index is 6.44. The molecule has 3 aliphatic heterocycles. The van der Waals surface area contributed by atoms with E-state index in [0.717, 1.165) is 6.61 Å². The molecule has 1 radical (unpaired) electrons. The molecule has 0 bridgehead atoms. The third kappa shape index (κ3) is 3.82. The maximum Gasteiger partial charge on any atom is 0.109 e. The lowest BCUT2D eigenvalue weighted by atomic mass is 9.78. The molecule has 1 N–H and O–H groups in total. The summed E-state index contributed by atoms with van der Waals surface area (Å²) in [6, 6.07) is 1.45. The lowest BCUT2D eigenvalue weighted by Crippen LogP contribution is -2.41. The molecule has 3 heterocycles. The summed E-state index contributed by atoms with van der Waals surface area (Å²) in [5, 5.41) is 3.87. The van der Waals surface area contributed by atoms with Gasteiger partial charge in [-0.1, -0.05) is 57.2 Å². The van der Waals surface area contributed by atoms with Crippen LogP contribution in [-0.4, -0.2) is 16.1 Å². The van der Waals surface area contributed by atoms with Crippen LogP contribution < -0.4 is 5.32 Å².